The molecule has 2 aromatic heterocycles. The van der Waals surface area contributed by atoms with Crippen molar-refractivity contribution in [3.05, 3.63) is 60.1 Å². The van der Waals surface area contributed by atoms with Gasteiger partial charge in [-0.05, 0) is 38.5 Å². The van der Waals surface area contributed by atoms with E-state index in [0.717, 1.165) is 35.6 Å². The topological polar surface area (TPSA) is 85.6 Å². The van der Waals surface area contributed by atoms with Gasteiger partial charge < -0.3 is 5.32 Å². The smallest absolute Gasteiger partial charge is 0.251 e. The standard InChI is InChI=1S/C20H24N6O/c1-4-5-18-10-19(25-15(3)24-18)16-6-8-17(9-7-16)20(27)23-14(2)11-26-13-21-12-22-26/h6-10,12-14H,4-5,11H2,1-3H3,(H,23,27)/t14-/m0/s1. The van der Waals surface area contributed by atoms with Crippen LogP contribution in [0.2, 0.25) is 0 Å². The molecule has 0 spiro atoms. The lowest BCUT2D eigenvalue weighted by molar-refractivity contribution is 0.0936. The zero-order valence-electron chi connectivity index (χ0n) is 15.9. The van der Waals surface area contributed by atoms with Crippen molar-refractivity contribution in [2.45, 2.75) is 46.2 Å². The average molecular weight is 364 g/mol. The average Bonchev–Trinajstić information content (AvgIpc) is 3.14. The molecule has 0 bridgehead atoms. The number of carbonyl (C=O) groups excluding carboxylic acids is 1. The van der Waals surface area contributed by atoms with Gasteiger partial charge in [-0.15, -0.1) is 0 Å². The number of nitrogens with one attached hydrogen (secondary N) is 1. The van der Waals surface area contributed by atoms with Crippen molar-refractivity contribution >= 4 is 5.91 Å². The molecule has 3 rings (SSSR count). The molecule has 0 aliphatic carbocycles. The first-order valence-corrected chi connectivity index (χ1v) is 9.13. The summed E-state index contributed by atoms with van der Waals surface area (Å²) in [7, 11) is 0. The Labute approximate surface area is 158 Å². The van der Waals surface area contributed by atoms with Gasteiger partial charge in [-0.25, -0.2) is 15.0 Å². The highest BCUT2D eigenvalue weighted by Gasteiger charge is 2.11. The van der Waals surface area contributed by atoms with E-state index >= 15 is 0 Å². The van der Waals surface area contributed by atoms with E-state index in [1.165, 1.54) is 6.33 Å². The van der Waals surface area contributed by atoms with Crippen LogP contribution in [0.3, 0.4) is 0 Å². The number of nitrogens with zero attached hydrogens (tertiary/aromatic N) is 5. The van der Waals surface area contributed by atoms with Gasteiger partial charge in [0.15, 0.2) is 0 Å². The number of hydrogen-bond donors (Lipinski definition) is 1. The maximum absolute atomic E-state index is 12.4. The van der Waals surface area contributed by atoms with Gasteiger partial charge in [0.25, 0.3) is 5.91 Å². The zero-order valence-corrected chi connectivity index (χ0v) is 15.9. The van der Waals surface area contributed by atoms with Crippen LogP contribution in [0.25, 0.3) is 11.3 Å². The Morgan fingerprint density at radius 3 is 2.67 bits per heavy atom. The molecule has 7 nitrogen and oxygen atoms in total. The first-order chi connectivity index (χ1) is 13.0. The monoisotopic (exact) mass is 364 g/mol. The van der Waals surface area contributed by atoms with Crippen LogP contribution in [0.15, 0.2) is 43.0 Å². The molecule has 140 valence electrons. The third-order valence-corrected chi connectivity index (χ3v) is 4.14. The van der Waals surface area contributed by atoms with Crippen LogP contribution in [0, 0.1) is 6.92 Å². The van der Waals surface area contributed by atoms with Crippen LogP contribution in [0.4, 0.5) is 0 Å². The number of aryl methyl sites for hydroxylation is 2. The molecule has 1 N–H and O–H groups in total. The Morgan fingerprint density at radius 1 is 1.22 bits per heavy atom. The van der Waals surface area contributed by atoms with E-state index in [9.17, 15) is 4.79 Å². The normalized spacial score (nSPS) is 12.0. The van der Waals surface area contributed by atoms with E-state index in [1.807, 2.05) is 44.2 Å². The molecular formula is C20H24N6O. The van der Waals surface area contributed by atoms with Gasteiger partial charge in [-0.3, -0.25) is 9.48 Å². The molecule has 0 fully saturated rings. The number of benzene rings is 1. The Kier molecular flexibility index (Phi) is 5.90. The predicted molar refractivity (Wildman–Crippen MR) is 103 cm³/mol. The number of aromatic nitrogens is 5. The largest absolute Gasteiger partial charge is 0.348 e. The second-order valence-corrected chi connectivity index (χ2v) is 6.61. The number of hydrogen-bond acceptors (Lipinski definition) is 5. The minimum Gasteiger partial charge on any atom is -0.348 e. The molecule has 0 radical (unpaired) electrons. The molecule has 0 aliphatic heterocycles. The summed E-state index contributed by atoms with van der Waals surface area (Å²) in [6.07, 6.45) is 5.09. The van der Waals surface area contributed by atoms with E-state index in [1.54, 1.807) is 11.0 Å². The van der Waals surface area contributed by atoms with Gasteiger partial charge in [0, 0.05) is 22.9 Å². The Bertz CT molecular complexity index is 889. The quantitative estimate of drug-likeness (QED) is 0.697. The number of carbonyl (C=O) groups is 1. The fraction of sp³-hybridized carbons (Fsp3) is 0.350. The molecule has 1 atom stereocenters. The molecule has 0 saturated heterocycles. The van der Waals surface area contributed by atoms with E-state index < -0.39 is 0 Å². The Morgan fingerprint density at radius 2 is 2.00 bits per heavy atom. The van der Waals surface area contributed by atoms with Crippen LogP contribution >= 0.6 is 0 Å². The van der Waals surface area contributed by atoms with Crippen LogP contribution in [-0.2, 0) is 13.0 Å². The molecule has 2 heterocycles. The van der Waals surface area contributed by atoms with Crippen LogP contribution in [0.1, 0.15) is 42.1 Å². The lowest BCUT2D eigenvalue weighted by Crippen LogP contribution is -2.35. The summed E-state index contributed by atoms with van der Waals surface area (Å²) in [4.78, 5) is 25.3. The van der Waals surface area contributed by atoms with Crippen LogP contribution in [-0.4, -0.2) is 36.7 Å². The molecule has 0 aliphatic rings. The molecule has 0 saturated carbocycles. The molecule has 7 heteroatoms. The maximum Gasteiger partial charge on any atom is 0.251 e. The second kappa shape index (κ2) is 8.53. The van der Waals surface area contributed by atoms with Crippen molar-refractivity contribution in [3.63, 3.8) is 0 Å². The summed E-state index contributed by atoms with van der Waals surface area (Å²) < 4.78 is 1.69. The molecule has 1 aromatic carbocycles. The Balaban J connectivity index is 1.68. The number of rotatable bonds is 7. The summed E-state index contributed by atoms with van der Waals surface area (Å²) >= 11 is 0. The van der Waals surface area contributed by atoms with Crippen molar-refractivity contribution in [1.29, 1.82) is 0 Å². The fourth-order valence-electron chi connectivity index (χ4n) is 2.91. The van der Waals surface area contributed by atoms with Crippen LogP contribution < -0.4 is 5.32 Å². The van der Waals surface area contributed by atoms with Gasteiger partial charge in [0.1, 0.15) is 18.5 Å². The van der Waals surface area contributed by atoms with Crippen molar-refractivity contribution in [3.8, 4) is 11.3 Å². The van der Waals surface area contributed by atoms with Gasteiger partial charge in [-0.2, -0.15) is 5.10 Å². The predicted octanol–water partition coefficient (Wildman–Crippen LogP) is 2.81. The van der Waals surface area contributed by atoms with Crippen molar-refractivity contribution in [1.82, 2.24) is 30.0 Å². The highest BCUT2D eigenvalue weighted by Crippen LogP contribution is 2.19. The lowest BCUT2D eigenvalue weighted by Gasteiger charge is -2.14. The minimum atomic E-state index is -0.111. The van der Waals surface area contributed by atoms with Gasteiger partial charge in [0.2, 0.25) is 0 Å². The summed E-state index contributed by atoms with van der Waals surface area (Å²) in [5.74, 6) is 0.652. The van der Waals surface area contributed by atoms with E-state index in [4.69, 9.17) is 0 Å². The van der Waals surface area contributed by atoms with Gasteiger partial charge in [-0.1, -0.05) is 25.5 Å². The molecule has 0 unspecified atom stereocenters. The zero-order chi connectivity index (χ0) is 19.2. The molecular weight excluding hydrogens is 340 g/mol. The lowest BCUT2D eigenvalue weighted by atomic mass is 10.1. The molecule has 3 aromatic rings. The van der Waals surface area contributed by atoms with Gasteiger partial charge >= 0.3 is 0 Å². The summed E-state index contributed by atoms with van der Waals surface area (Å²) in [5.41, 5.74) is 3.52. The van der Waals surface area contributed by atoms with E-state index in [-0.39, 0.29) is 11.9 Å². The van der Waals surface area contributed by atoms with Gasteiger partial charge in [0.05, 0.1) is 12.2 Å². The van der Waals surface area contributed by atoms with Crippen molar-refractivity contribution in [2.75, 3.05) is 0 Å². The summed E-state index contributed by atoms with van der Waals surface area (Å²) in [6.45, 7) is 6.55. The van der Waals surface area contributed by atoms with Crippen molar-refractivity contribution < 1.29 is 4.79 Å². The summed E-state index contributed by atoms with van der Waals surface area (Å²) in [6, 6.07) is 9.46. The first kappa shape index (κ1) is 18.7. The highest BCUT2D eigenvalue weighted by molar-refractivity contribution is 5.94. The number of amides is 1. The Hall–Kier alpha value is -3.09. The minimum absolute atomic E-state index is 0.0556. The third kappa shape index (κ3) is 4.97. The van der Waals surface area contributed by atoms with E-state index in [0.29, 0.717) is 12.1 Å². The van der Waals surface area contributed by atoms with Crippen molar-refractivity contribution in [2.24, 2.45) is 0 Å². The molecule has 27 heavy (non-hydrogen) atoms. The second-order valence-electron chi connectivity index (χ2n) is 6.61. The van der Waals surface area contributed by atoms with E-state index in [2.05, 4.69) is 32.3 Å². The SMILES string of the molecule is CCCc1cc(-c2ccc(C(=O)N[C@@H](C)Cn3cncn3)cc2)nc(C)n1. The fourth-order valence-corrected chi connectivity index (χ4v) is 2.91. The highest BCUT2D eigenvalue weighted by atomic mass is 16.1. The van der Waals surface area contributed by atoms with Crippen LogP contribution in [0.5, 0.6) is 0 Å². The summed E-state index contributed by atoms with van der Waals surface area (Å²) in [5, 5.41) is 7.03. The maximum atomic E-state index is 12.4. The third-order valence-electron chi connectivity index (χ3n) is 4.14. The molecule has 1 amide bonds. The first-order valence-electron chi connectivity index (χ1n) is 9.13.